The molecule has 0 spiro atoms. The van der Waals surface area contributed by atoms with Gasteiger partial charge in [-0.2, -0.15) is 0 Å². The molecular formula is C21H21Cl2N5O. The minimum Gasteiger partial charge on any atom is -0.342 e. The van der Waals surface area contributed by atoms with Crippen LogP contribution >= 0.6 is 23.2 Å². The largest absolute Gasteiger partial charge is 0.342 e. The molecule has 8 heteroatoms. The van der Waals surface area contributed by atoms with E-state index in [1.807, 2.05) is 29.2 Å². The van der Waals surface area contributed by atoms with Crippen molar-refractivity contribution in [1.82, 2.24) is 19.9 Å². The lowest BCUT2D eigenvalue weighted by Gasteiger charge is -2.30. The Bertz CT molecular complexity index is 1010. The summed E-state index contributed by atoms with van der Waals surface area (Å²) >= 11 is 12.3. The second-order valence-electron chi connectivity index (χ2n) is 7.07. The minimum absolute atomic E-state index is 0.00290. The predicted octanol–water partition coefficient (Wildman–Crippen LogP) is 4.11. The van der Waals surface area contributed by atoms with Gasteiger partial charge in [-0.3, -0.25) is 9.78 Å². The summed E-state index contributed by atoms with van der Waals surface area (Å²) in [5.41, 5.74) is 9.12. The van der Waals surface area contributed by atoms with Crippen LogP contribution in [-0.4, -0.2) is 45.4 Å². The molecule has 150 valence electrons. The number of nitrogens with zero attached hydrogens (tertiary/aromatic N) is 3. The van der Waals surface area contributed by atoms with Gasteiger partial charge in [-0.05, 0) is 37.1 Å². The number of aromatic amines is 1. The lowest BCUT2D eigenvalue weighted by Crippen LogP contribution is -2.41. The molecule has 0 radical (unpaired) electrons. The summed E-state index contributed by atoms with van der Waals surface area (Å²) in [6.45, 7) is 1.43. The normalized spacial score (nSPS) is 14.9. The highest BCUT2D eigenvalue weighted by Gasteiger charge is 2.26. The topological polar surface area (TPSA) is 87.9 Å². The highest BCUT2D eigenvalue weighted by atomic mass is 35.5. The van der Waals surface area contributed by atoms with Gasteiger partial charge >= 0.3 is 0 Å². The summed E-state index contributed by atoms with van der Waals surface area (Å²) < 4.78 is 0. The molecular weight excluding hydrogens is 409 g/mol. The second-order valence-corrected chi connectivity index (χ2v) is 7.88. The number of imidazole rings is 1. The number of aromatic nitrogens is 3. The summed E-state index contributed by atoms with van der Waals surface area (Å²) in [4.78, 5) is 26.2. The van der Waals surface area contributed by atoms with Crippen LogP contribution in [0.1, 0.15) is 24.6 Å². The summed E-state index contributed by atoms with van der Waals surface area (Å²) in [6, 6.07) is 9.42. The van der Waals surface area contributed by atoms with Gasteiger partial charge < -0.3 is 15.6 Å². The molecule has 1 aromatic carbocycles. The van der Waals surface area contributed by atoms with Crippen molar-refractivity contribution in [3.05, 3.63) is 58.6 Å². The smallest absolute Gasteiger partial charge is 0.236 e. The molecule has 3 heterocycles. The van der Waals surface area contributed by atoms with E-state index in [-0.39, 0.29) is 18.4 Å². The molecule has 0 atom stereocenters. The van der Waals surface area contributed by atoms with Gasteiger partial charge in [-0.1, -0.05) is 29.3 Å². The Hall–Kier alpha value is -2.41. The number of halogens is 2. The first kappa shape index (κ1) is 19.9. The number of carbonyl (C=O) groups excluding carboxylic acids is 1. The molecule has 0 aliphatic carbocycles. The number of H-pyrrole nitrogens is 1. The molecule has 6 nitrogen and oxygen atoms in total. The van der Waals surface area contributed by atoms with Crippen molar-refractivity contribution in [3.63, 3.8) is 0 Å². The molecule has 3 N–H and O–H groups in total. The van der Waals surface area contributed by atoms with E-state index < -0.39 is 0 Å². The molecule has 1 fully saturated rings. The number of rotatable bonds is 4. The minimum atomic E-state index is -0.00290. The lowest BCUT2D eigenvalue weighted by atomic mass is 9.96. The van der Waals surface area contributed by atoms with Crippen LogP contribution in [-0.2, 0) is 4.79 Å². The average Bonchev–Trinajstić information content (AvgIpc) is 3.21. The number of hydrogen-bond acceptors (Lipinski definition) is 4. The quantitative estimate of drug-likeness (QED) is 0.652. The van der Waals surface area contributed by atoms with Crippen LogP contribution in [0.15, 0.2) is 42.7 Å². The van der Waals surface area contributed by atoms with Gasteiger partial charge in [0.25, 0.3) is 0 Å². The Kier molecular flexibility index (Phi) is 5.85. The van der Waals surface area contributed by atoms with Gasteiger partial charge in [0.05, 0.1) is 28.0 Å². The SMILES string of the molecule is NCC(=O)N1CCC(c2nc(-c3ccc(Cl)c(Cl)c3)c(-c3ccncc3)[nH]2)CC1. The number of nitrogens with one attached hydrogen (secondary N) is 1. The van der Waals surface area contributed by atoms with E-state index in [1.165, 1.54) is 0 Å². The first-order chi connectivity index (χ1) is 14.1. The highest BCUT2D eigenvalue weighted by molar-refractivity contribution is 6.42. The van der Waals surface area contributed by atoms with Gasteiger partial charge in [0.2, 0.25) is 5.91 Å². The van der Waals surface area contributed by atoms with Crippen LogP contribution in [0.4, 0.5) is 0 Å². The first-order valence-electron chi connectivity index (χ1n) is 9.50. The molecule has 1 saturated heterocycles. The number of benzene rings is 1. The monoisotopic (exact) mass is 429 g/mol. The molecule has 2 aromatic heterocycles. The summed E-state index contributed by atoms with van der Waals surface area (Å²) in [5, 5.41) is 0.997. The predicted molar refractivity (Wildman–Crippen MR) is 115 cm³/mol. The number of pyridine rings is 1. The summed E-state index contributed by atoms with van der Waals surface area (Å²) in [5.74, 6) is 1.16. The van der Waals surface area contributed by atoms with Crippen LogP contribution in [0.25, 0.3) is 22.5 Å². The van der Waals surface area contributed by atoms with Crippen LogP contribution in [0.5, 0.6) is 0 Å². The first-order valence-corrected chi connectivity index (χ1v) is 10.3. The average molecular weight is 430 g/mol. The summed E-state index contributed by atoms with van der Waals surface area (Å²) in [6.07, 6.45) is 5.20. The number of nitrogens with two attached hydrogens (primary N) is 1. The zero-order valence-electron chi connectivity index (χ0n) is 15.7. The van der Waals surface area contributed by atoms with Gasteiger partial charge in [0, 0.05) is 42.5 Å². The molecule has 1 aliphatic rings. The highest BCUT2D eigenvalue weighted by Crippen LogP contribution is 2.36. The number of amides is 1. The van der Waals surface area contributed by atoms with Crippen molar-refractivity contribution >= 4 is 29.1 Å². The van der Waals surface area contributed by atoms with E-state index >= 15 is 0 Å². The van der Waals surface area contributed by atoms with E-state index in [4.69, 9.17) is 33.9 Å². The van der Waals surface area contributed by atoms with Crippen molar-refractivity contribution in [3.8, 4) is 22.5 Å². The molecule has 0 saturated carbocycles. The van der Waals surface area contributed by atoms with E-state index in [0.717, 1.165) is 41.2 Å². The fourth-order valence-corrected chi connectivity index (χ4v) is 3.99. The summed E-state index contributed by atoms with van der Waals surface area (Å²) in [7, 11) is 0. The maximum Gasteiger partial charge on any atom is 0.236 e. The molecule has 29 heavy (non-hydrogen) atoms. The van der Waals surface area contributed by atoms with Gasteiger partial charge in [0.1, 0.15) is 5.82 Å². The van der Waals surface area contributed by atoms with E-state index in [9.17, 15) is 4.79 Å². The number of hydrogen-bond donors (Lipinski definition) is 2. The fraction of sp³-hybridized carbons (Fsp3) is 0.286. The maximum absolute atomic E-state index is 11.8. The molecule has 1 amide bonds. The Balaban J connectivity index is 1.69. The van der Waals surface area contributed by atoms with Gasteiger partial charge in [-0.15, -0.1) is 0 Å². The Labute approximate surface area is 179 Å². The van der Waals surface area contributed by atoms with Crippen molar-refractivity contribution in [2.24, 2.45) is 5.73 Å². The third-order valence-corrected chi connectivity index (χ3v) is 6.03. The fourth-order valence-electron chi connectivity index (χ4n) is 3.70. The standard InChI is InChI=1S/C21H21Cl2N5O/c22-16-2-1-15(11-17(16)23)20-19(13-3-7-25-8-4-13)26-21(27-20)14-5-9-28(10-6-14)18(29)12-24/h1-4,7-8,11,14H,5-6,9-10,12,24H2,(H,26,27). The Morgan fingerprint density at radius 1 is 1.10 bits per heavy atom. The molecule has 0 bridgehead atoms. The van der Waals surface area contributed by atoms with Gasteiger partial charge in [-0.25, -0.2) is 4.98 Å². The molecule has 3 aromatic rings. The van der Waals surface area contributed by atoms with E-state index in [1.54, 1.807) is 18.5 Å². The number of likely N-dealkylation sites (tertiary alicyclic amines) is 1. The molecule has 0 unspecified atom stereocenters. The van der Waals surface area contributed by atoms with Gasteiger partial charge in [0.15, 0.2) is 0 Å². The van der Waals surface area contributed by atoms with Crippen molar-refractivity contribution in [1.29, 1.82) is 0 Å². The third-order valence-electron chi connectivity index (χ3n) is 5.29. The van der Waals surface area contributed by atoms with Crippen molar-refractivity contribution in [2.45, 2.75) is 18.8 Å². The third kappa shape index (κ3) is 4.15. The van der Waals surface area contributed by atoms with Crippen LogP contribution in [0.3, 0.4) is 0 Å². The number of piperidine rings is 1. The maximum atomic E-state index is 11.8. The zero-order valence-corrected chi connectivity index (χ0v) is 17.2. The lowest BCUT2D eigenvalue weighted by molar-refractivity contribution is -0.130. The van der Waals surface area contributed by atoms with Crippen LogP contribution in [0.2, 0.25) is 10.0 Å². The van der Waals surface area contributed by atoms with Crippen molar-refractivity contribution < 1.29 is 4.79 Å². The van der Waals surface area contributed by atoms with Crippen molar-refractivity contribution in [2.75, 3.05) is 19.6 Å². The number of carbonyl (C=O) groups is 1. The zero-order chi connectivity index (χ0) is 20.4. The molecule has 1 aliphatic heterocycles. The Morgan fingerprint density at radius 2 is 1.83 bits per heavy atom. The Morgan fingerprint density at radius 3 is 2.48 bits per heavy atom. The van der Waals surface area contributed by atoms with E-state index in [0.29, 0.717) is 23.1 Å². The van der Waals surface area contributed by atoms with Crippen LogP contribution < -0.4 is 5.73 Å². The van der Waals surface area contributed by atoms with E-state index in [2.05, 4.69) is 9.97 Å². The second kappa shape index (κ2) is 8.53. The van der Waals surface area contributed by atoms with Crippen LogP contribution in [0, 0.1) is 0 Å². The molecule has 4 rings (SSSR count).